The molecule has 118 valence electrons. The van der Waals surface area contributed by atoms with Crippen LogP contribution < -0.4 is 5.32 Å². The molecule has 0 spiro atoms. The molecule has 0 atom stereocenters. The molecule has 2 nitrogen and oxygen atoms in total. The van der Waals surface area contributed by atoms with Crippen molar-refractivity contribution in [2.75, 3.05) is 13.6 Å². The third-order valence-corrected chi connectivity index (χ3v) is 4.56. The summed E-state index contributed by atoms with van der Waals surface area (Å²) in [7, 11) is 2.15. The fourth-order valence-corrected chi connectivity index (χ4v) is 3.22. The maximum atomic E-state index is 14.1. The van der Waals surface area contributed by atoms with Crippen molar-refractivity contribution in [3.8, 4) is 0 Å². The van der Waals surface area contributed by atoms with Gasteiger partial charge in [0, 0.05) is 24.7 Å². The monoisotopic (exact) mass is 292 g/mol. The fourth-order valence-electron chi connectivity index (χ4n) is 3.22. The Morgan fingerprint density at radius 2 is 1.90 bits per heavy atom. The zero-order chi connectivity index (χ0) is 15.1. The molecule has 2 rings (SSSR count). The molecule has 0 radical (unpaired) electrons. The van der Waals surface area contributed by atoms with E-state index in [9.17, 15) is 4.39 Å². The van der Waals surface area contributed by atoms with Crippen LogP contribution in [0.3, 0.4) is 0 Å². The van der Waals surface area contributed by atoms with Gasteiger partial charge in [-0.15, -0.1) is 0 Å². The second kappa shape index (κ2) is 8.50. The van der Waals surface area contributed by atoms with E-state index in [1.807, 2.05) is 12.1 Å². The first-order valence-electron chi connectivity index (χ1n) is 8.39. The number of halogens is 1. The molecule has 0 aromatic heterocycles. The van der Waals surface area contributed by atoms with E-state index in [0.717, 1.165) is 25.2 Å². The van der Waals surface area contributed by atoms with Crippen LogP contribution in [0.15, 0.2) is 18.2 Å². The summed E-state index contributed by atoms with van der Waals surface area (Å²) in [4.78, 5) is 2.35. The number of hydrogen-bond acceptors (Lipinski definition) is 2. The summed E-state index contributed by atoms with van der Waals surface area (Å²) < 4.78 is 14.1. The van der Waals surface area contributed by atoms with Crippen molar-refractivity contribution in [3.05, 3.63) is 35.1 Å². The van der Waals surface area contributed by atoms with Gasteiger partial charge in [0.2, 0.25) is 0 Å². The first kappa shape index (κ1) is 16.4. The van der Waals surface area contributed by atoms with E-state index >= 15 is 0 Å². The molecule has 3 heteroatoms. The molecule has 1 aliphatic carbocycles. The molecular weight excluding hydrogens is 263 g/mol. The Kier molecular flexibility index (Phi) is 6.65. The predicted molar refractivity (Wildman–Crippen MR) is 86.7 cm³/mol. The van der Waals surface area contributed by atoms with Gasteiger partial charge in [-0.05, 0) is 38.1 Å². The van der Waals surface area contributed by atoms with Crippen LogP contribution in [-0.2, 0) is 13.1 Å². The molecule has 1 aliphatic rings. The van der Waals surface area contributed by atoms with E-state index in [4.69, 9.17) is 0 Å². The average Bonchev–Trinajstić information content (AvgIpc) is 2.77. The topological polar surface area (TPSA) is 15.3 Å². The highest BCUT2D eigenvalue weighted by atomic mass is 19.1. The molecule has 0 aliphatic heterocycles. The van der Waals surface area contributed by atoms with Crippen molar-refractivity contribution in [1.29, 1.82) is 0 Å². The van der Waals surface area contributed by atoms with Crippen molar-refractivity contribution < 1.29 is 4.39 Å². The van der Waals surface area contributed by atoms with Crippen molar-refractivity contribution in [2.45, 2.75) is 64.6 Å². The normalized spacial score (nSPS) is 17.1. The van der Waals surface area contributed by atoms with Crippen LogP contribution in [0.1, 0.15) is 56.6 Å². The van der Waals surface area contributed by atoms with Crippen LogP contribution in [0, 0.1) is 5.82 Å². The number of nitrogens with zero attached hydrogens (tertiary/aromatic N) is 1. The largest absolute Gasteiger partial charge is 0.313 e. The first-order chi connectivity index (χ1) is 10.2. The van der Waals surface area contributed by atoms with Gasteiger partial charge in [0.25, 0.3) is 0 Å². The average molecular weight is 292 g/mol. The van der Waals surface area contributed by atoms with E-state index in [2.05, 4.69) is 24.2 Å². The molecule has 1 fully saturated rings. The Labute approximate surface area is 128 Å². The molecule has 1 saturated carbocycles. The van der Waals surface area contributed by atoms with Gasteiger partial charge in [-0.3, -0.25) is 4.90 Å². The van der Waals surface area contributed by atoms with Crippen molar-refractivity contribution >= 4 is 0 Å². The smallest absolute Gasteiger partial charge is 0.127 e. The van der Waals surface area contributed by atoms with Gasteiger partial charge in [-0.2, -0.15) is 0 Å². The quantitative estimate of drug-likeness (QED) is 0.794. The molecule has 1 N–H and O–H groups in total. The van der Waals surface area contributed by atoms with E-state index in [-0.39, 0.29) is 5.82 Å². The summed E-state index contributed by atoms with van der Waals surface area (Å²) in [5, 5.41) is 3.30. The van der Waals surface area contributed by atoms with Crippen LogP contribution >= 0.6 is 0 Å². The second-order valence-corrected chi connectivity index (χ2v) is 6.27. The van der Waals surface area contributed by atoms with Gasteiger partial charge in [0.15, 0.2) is 0 Å². The maximum Gasteiger partial charge on any atom is 0.127 e. The molecule has 1 aromatic rings. The van der Waals surface area contributed by atoms with Crippen molar-refractivity contribution in [1.82, 2.24) is 10.2 Å². The lowest BCUT2D eigenvalue weighted by Crippen LogP contribution is -2.31. The Morgan fingerprint density at radius 3 is 2.57 bits per heavy atom. The van der Waals surface area contributed by atoms with E-state index in [1.54, 1.807) is 6.07 Å². The van der Waals surface area contributed by atoms with Gasteiger partial charge < -0.3 is 5.32 Å². The minimum atomic E-state index is -0.0734. The standard InChI is InChI=1S/C18H29FN2/c1-3-20-13-15-10-11-18(19)16(12-15)14-21(2)17-8-6-4-5-7-9-17/h10-12,17,20H,3-9,13-14H2,1-2H3. The summed E-state index contributed by atoms with van der Waals surface area (Å²) in [6, 6.07) is 6.13. The lowest BCUT2D eigenvalue weighted by atomic mass is 10.1. The van der Waals surface area contributed by atoms with Crippen LogP contribution in [0.5, 0.6) is 0 Å². The highest BCUT2D eigenvalue weighted by Crippen LogP contribution is 2.23. The van der Waals surface area contributed by atoms with E-state index in [1.165, 1.54) is 44.1 Å². The predicted octanol–water partition coefficient (Wildman–Crippen LogP) is 4.09. The van der Waals surface area contributed by atoms with Crippen molar-refractivity contribution in [3.63, 3.8) is 0 Å². The Balaban J connectivity index is 1.99. The lowest BCUT2D eigenvalue weighted by Gasteiger charge is -2.27. The molecule has 0 saturated heterocycles. The molecule has 1 aromatic carbocycles. The van der Waals surface area contributed by atoms with Gasteiger partial charge >= 0.3 is 0 Å². The van der Waals surface area contributed by atoms with Gasteiger partial charge in [0.05, 0.1) is 0 Å². The molecule has 0 unspecified atom stereocenters. The summed E-state index contributed by atoms with van der Waals surface area (Å²) in [5.41, 5.74) is 2.00. The molecule has 0 amide bonds. The maximum absolute atomic E-state index is 14.1. The number of rotatable bonds is 6. The molecule has 21 heavy (non-hydrogen) atoms. The van der Waals surface area contributed by atoms with Crippen LogP contribution in [0.4, 0.5) is 4.39 Å². The summed E-state index contributed by atoms with van der Waals surface area (Å²) in [6.45, 7) is 4.56. The van der Waals surface area contributed by atoms with Gasteiger partial charge in [-0.25, -0.2) is 4.39 Å². The lowest BCUT2D eigenvalue weighted by molar-refractivity contribution is 0.210. The van der Waals surface area contributed by atoms with Gasteiger partial charge in [-0.1, -0.05) is 44.7 Å². The molecular formula is C18H29FN2. The minimum Gasteiger partial charge on any atom is -0.313 e. The second-order valence-electron chi connectivity index (χ2n) is 6.27. The minimum absolute atomic E-state index is 0.0734. The summed E-state index contributed by atoms with van der Waals surface area (Å²) in [5.74, 6) is -0.0734. The van der Waals surface area contributed by atoms with Crippen LogP contribution in [0.2, 0.25) is 0 Å². The van der Waals surface area contributed by atoms with Crippen LogP contribution in [-0.4, -0.2) is 24.5 Å². The van der Waals surface area contributed by atoms with Crippen LogP contribution in [0.25, 0.3) is 0 Å². The molecule has 0 heterocycles. The number of benzene rings is 1. The Hall–Kier alpha value is -0.930. The zero-order valence-corrected chi connectivity index (χ0v) is 13.5. The Bertz CT molecular complexity index is 425. The number of hydrogen-bond donors (Lipinski definition) is 1. The SMILES string of the molecule is CCNCc1ccc(F)c(CN(C)C2CCCCCC2)c1. The highest BCUT2D eigenvalue weighted by molar-refractivity contribution is 5.25. The third kappa shape index (κ3) is 5.08. The summed E-state index contributed by atoms with van der Waals surface area (Å²) >= 11 is 0. The van der Waals surface area contributed by atoms with Gasteiger partial charge in [0.1, 0.15) is 5.82 Å². The highest BCUT2D eigenvalue weighted by Gasteiger charge is 2.18. The molecule has 0 bridgehead atoms. The fraction of sp³-hybridized carbons (Fsp3) is 0.667. The third-order valence-electron chi connectivity index (χ3n) is 4.56. The van der Waals surface area contributed by atoms with Crippen molar-refractivity contribution in [2.24, 2.45) is 0 Å². The Morgan fingerprint density at radius 1 is 1.19 bits per heavy atom. The zero-order valence-electron chi connectivity index (χ0n) is 13.5. The first-order valence-corrected chi connectivity index (χ1v) is 8.39. The summed E-state index contributed by atoms with van der Waals surface area (Å²) in [6.07, 6.45) is 7.87. The van der Waals surface area contributed by atoms with E-state index in [0.29, 0.717) is 6.04 Å². The van der Waals surface area contributed by atoms with E-state index < -0.39 is 0 Å². The number of nitrogens with one attached hydrogen (secondary N) is 1.